The molecule has 1 fully saturated rings. The standard InChI is InChI=1S/C19H24N4OS/c1-4-12-22-18(15-10-11-15)20-21-19(22)25-13-17(24)23(14(2)3)16-8-6-5-7-9-16/h4-9,14-15H,1,10-13H2,2-3H3. The van der Waals surface area contributed by atoms with E-state index in [4.69, 9.17) is 0 Å². The van der Waals surface area contributed by atoms with Crippen LogP contribution in [0.1, 0.15) is 38.4 Å². The number of thioether (sulfide) groups is 1. The number of carbonyl (C=O) groups is 1. The molecule has 25 heavy (non-hydrogen) atoms. The van der Waals surface area contributed by atoms with Crippen LogP contribution < -0.4 is 4.90 Å². The first-order valence-electron chi connectivity index (χ1n) is 8.65. The van der Waals surface area contributed by atoms with Gasteiger partial charge in [-0.1, -0.05) is 36.0 Å². The fourth-order valence-corrected chi connectivity index (χ4v) is 3.68. The van der Waals surface area contributed by atoms with Crippen molar-refractivity contribution >= 4 is 23.4 Å². The van der Waals surface area contributed by atoms with Crippen LogP contribution in [0.25, 0.3) is 0 Å². The molecule has 0 unspecified atom stereocenters. The molecule has 5 nitrogen and oxygen atoms in total. The van der Waals surface area contributed by atoms with Crippen molar-refractivity contribution < 1.29 is 4.79 Å². The molecule has 0 bridgehead atoms. The molecular weight excluding hydrogens is 332 g/mol. The summed E-state index contributed by atoms with van der Waals surface area (Å²) in [6.07, 6.45) is 4.20. The lowest BCUT2D eigenvalue weighted by Gasteiger charge is -2.26. The van der Waals surface area contributed by atoms with Crippen molar-refractivity contribution in [1.29, 1.82) is 0 Å². The number of hydrogen-bond donors (Lipinski definition) is 0. The summed E-state index contributed by atoms with van der Waals surface area (Å²) >= 11 is 1.45. The molecule has 6 heteroatoms. The Labute approximate surface area is 153 Å². The minimum atomic E-state index is 0.0762. The summed E-state index contributed by atoms with van der Waals surface area (Å²) in [6.45, 7) is 8.56. The first kappa shape index (κ1) is 17.7. The summed E-state index contributed by atoms with van der Waals surface area (Å²) < 4.78 is 2.09. The molecular formula is C19H24N4OS. The third-order valence-electron chi connectivity index (χ3n) is 4.14. The number of nitrogens with zero attached hydrogens (tertiary/aromatic N) is 4. The Hall–Kier alpha value is -2.08. The van der Waals surface area contributed by atoms with Crippen molar-refractivity contribution in [3.63, 3.8) is 0 Å². The van der Waals surface area contributed by atoms with Crippen LogP contribution in [0.2, 0.25) is 0 Å². The molecule has 0 aliphatic heterocycles. The Balaban J connectivity index is 1.72. The Kier molecular flexibility index (Phi) is 5.58. The maximum Gasteiger partial charge on any atom is 0.237 e. The predicted molar refractivity (Wildman–Crippen MR) is 102 cm³/mol. The zero-order valence-corrected chi connectivity index (χ0v) is 15.6. The highest BCUT2D eigenvalue weighted by Gasteiger charge is 2.30. The van der Waals surface area contributed by atoms with Gasteiger partial charge in [0.15, 0.2) is 5.16 Å². The number of hydrogen-bond acceptors (Lipinski definition) is 4. The van der Waals surface area contributed by atoms with Crippen LogP contribution in [0, 0.1) is 0 Å². The van der Waals surface area contributed by atoms with E-state index in [1.54, 1.807) is 0 Å². The summed E-state index contributed by atoms with van der Waals surface area (Å²) in [6, 6.07) is 9.89. The fraction of sp³-hybridized carbons (Fsp3) is 0.421. The second-order valence-electron chi connectivity index (χ2n) is 6.50. The van der Waals surface area contributed by atoms with Crippen molar-refractivity contribution in [2.24, 2.45) is 0 Å². The number of allylic oxidation sites excluding steroid dienone is 1. The molecule has 1 aliphatic carbocycles. The van der Waals surface area contributed by atoms with E-state index in [1.807, 2.05) is 55.2 Å². The van der Waals surface area contributed by atoms with Gasteiger partial charge in [0.1, 0.15) is 5.82 Å². The van der Waals surface area contributed by atoms with Gasteiger partial charge in [0.05, 0.1) is 5.75 Å². The molecule has 0 N–H and O–H groups in total. The van der Waals surface area contributed by atoms with Gasteiger partial charge in [-0.3, -0.25) is 4.79 Å². The highest BCUT2D eigenvalue weighted by atomic mass is 32.2. The van der Waals surface area contributed by atoms with Crippen molar-refractivity contribution in [3.8, 4) is 0 Å². The largest absolute Gasteiger partial charge is 0.309 e. The molecule has 0 radical (unpaired) electrons. The molecule has 1 aromatic heterocycles. The molecule has 0 atom stereocenters. The number of carbonyl (C=O) groups excluding carboxylic acids is 1. The third kappa shape index (κ3) is 4.12. The van der Waals surface area contributed by atoms with E-state index < -0.39 is 0 Å². The summed E-state index contributed by atoms with van der Waals surface area (Å²) in [5.74, 6) is 1.97. The zero-order valence-electron chi connectivity index (χ0n) is 14.8. The molecule has 2 aromatic rings. The second-order valence-corrected chi connectivity index (χ2v) is 7.44. The smallest absolute Gasteiger partial charge is 0.237 e. The lowest BCUT2D eigenvalue weighted by molar-refractivity contribution is -0.116. The molecule has 0 saturated heterocycles. The fourth-order valence-electron chi connectivity index (χ4n) is 2.87. The molecule has 1 aromatic carbocycles. The number of amides is 1. The number of benzene rings is 1. The summed E-state index contributed by atoms with van der Waals surface area (Å²) in [5, 5.41) is 9.43. The van der Waals surface area contributed by atoms with Crippen LogP contribution in [-0.2, 0) is 11.3 Å². The van der Waals surface area contributed by atoms with E-state index in [0.717, 1.165) is 16.7 Å². The predicted octanol–water partition coefficient (Wildman–Crippen LogP) is 3.88. The summed E-state index contributed by atoms with van der Waals surface area (Å²) in [7, 11) is 0. The maximum atomic E-state index is 12.8. The third-order valence-corrected chi connectivity index (χ3v) is 5.10. The molecule has 132 valence electrons. The van der Waals surface area contributed by atoms with Gasteiger partial charge in [-0.05, 0) is 38.8 Å². The van der Waals surface area contributed by atoms with Crippen LogP contribution in [0.15, 0.2) is 48.1 Å². The normalized spacial score (nSPS) is 13.9. The van der Waals surface area contributed by atoms with Crippen LogP contribution in [-0.4, -0.2) is 32.5 Å². The van der Waals surface area contributed by atoms with Gasteiger partial charge in [0.2, 0.25) is 5.91 Å². The average molecular weight is 356 g/mol. The monoisotopic (exact) mass is 356 g/mol. The number of anilines is 1. The number of para-hydroxylation sites is 1. The van der Waals surface area contributed by atoms with Gasteiger partial charge in [-0.25, -0.2) is 0 Å². The van der Waals surface area contributed by atoms with Crippen molar-refractivity contribution in [2.75, 3.05) is 10.7 Å². The lowest BCUT2D eigenvalue weighted by Crippen LogP contribution is -2.38. The highest BCUT2D eigenvalue weighted by molar-refractivity contribution is 7.99. The first-order valence-corrected chi connectivity index (χ1v) is 9.64. The molecule has 0 spiro atoms. The van der Waals surface area contributed by atoms with Crippen LogP contribution in [0.4, 0.5) is 5.69 Å². The quantitative estimate of drug-likeness (QED) is 0.532. The Morgan fingerprint density at radius 2 is 2.08 bits per heavy atom. The second kappa shape index (κ2) is 7.87. The van der Waals surface area contributed by atoms with Crippen LogP contribution in [0.5, 0.6) is 0 Å². The molecule has 3 rings (SSSR count). The Bertz CT molecular complexity index is 737. The van der Waals surface area contributed by atoms with Gasteiger partial charge in [-0.2, -0.15) is 0 Å². The van der Waals surface area contributed by atoms with Gasteiger partial charge >= 0.3 is 0 Å². The summed E-state index contributed by atoms with van der Waals surface area (Å²) in [4.78, 5) is 14.6. The van der Waals surface area contributed by atoms with Gasteiger partial charge < -0.3 is 9.47 Å². The van der Waals surface area contributed by atoms with Crippen LogP contribution >= 0.6 is 11.8 Å². The average Bonchev–Trinajstić information content (AvgIpc) is 3.36. The van der Waals surface area contributed by atoms with E-state index in [2.05, 4.69) is 21.3 Å². The van der Waals surface area contributed by atoms with Gasteiger partial charge in [-0.15, -0.1) is 16.8 Å². The Morgan fingerprint density at radius 3 is 2.68 bits per heavy atom. The topological polar surface area (TPSA) is 51.0 Å². The Morgan fingerprint density at radius 1 is 1.36 bits per heavy atom. The maximum absolute atomic E-state index is 12.8. The molecule has 1 heterocycles. The van der Waals surface area contributed by atoms with E-state index in [-0.39, 0.29) is 11.9 Å². The lowest BCUT2D eigenvalue weighted by atomic mass is 10.2. The summed E-state index contributed by atoms with van der Waals surface area (Å²) in [5.41, 5.74) is 0.925. The number of rotatable bonds is 8. The molecule has 1 amide bonds. The minimum Gasteiger partial charge on any atom is -0.309 e. The molecule has 1 aliphatic rings. The highest BCUT2D eigenvalue weighted by Crippen LogP contribution is 2.40. The van der Waals surface area contributed by atoms with Crippen molar-refractivity contribution in [1.82, 2.24) is 14.8 Å². The SMILES string of the molecule is C=CCn1c(SCC(=O)N(c2ccccc2)C(C)C)nnc1C1CC1. The van der Waals surface area contributed by atoms with E-state index >= 15 is 0 Å². The van der Waals surface area contributed by atoms with E-state index in [9.17, 15) is 4.79 Å². The van der Waals surface area contributed by atoms with E-state index in [1.165, 1.54) is 24.6 Å². The number of aromatic nitrogens is 3. The molecule has 1 saturated carbocycles. The first-order chi connectivity index (χ1) is 12.1. The van der Waals surface area contributed by atoms with Crippen molar-refractivity contribution in [2.45, 2.75) is 50.4 Å². The zero-order chi connectivity index (χ0) is 17.8. The van der Waals surface area contributed by atoms with Crippen LogP contribution in [0.3, 0.4) is 0 Å². The van der Waals surface area contributed by atoms with Gasteiger partial charge in [0.25, 0.3) is 0 Å². The van der Waals surface area contributed by atoms with Gasteiger partial charge in [0, 0.05) is 24.2 Å². The van der Waals surface area contributed by atoms with Crippen molar-refractivity contribution in [3.05, 3.63) is 48.8 Å². The minimum absolute atomic E-state index is 0.0762. The van der Waals surface area contributed by atoms with E-state index in [0.29, 0.717) is 18.2 Å².